The average Bonchev–Trinajstić information content (AvgIpc) is 2.71. The largest absolute Gasteiger partial charge is 0.491 e. The fourth-order valence-electron chi connectivity index (χ4n) is 5.10. The number of allylic oxidation sites excluding steroid dienone is 2. The topological polar surface area (TPSA) is 18.5 Å². The number of hydrogen-bond acceptors (Lipinski definition) is 2. The van der Waals surface area contributed by atoms with Crippen LogP contribution in [0.5, 0.6) is 11.5 Å². The number of fused-ring (bicyclic) bond motifs is 1. The van der Waals surface area contributed by atoms with Crippen molar-refractivity contribution in [3.8, 4) is 11.5 Å². The van der Waals surface area contributed by atoms with Gasteiger partial charge in [0.1, 0.15) is 0 Å². The van der Waals surface area contributed by atoms with Crippen LogP contribution in [0.2, 0.25) is 0 Å². The van der Waals surface area contributed by atoms with Crippen LogP contribution in [0.1, 0.15) is 65.2 Å². The smallest absolute Gasteiger partial charge is 0.204 e. The lowest BCUT2D eigenvalue weighted by Gasteiger charge is -2.42. The van der Waals surface area contributed by atoms with Gasteiger partial charge in [0.15, 0.2) is 11.5 Å². The van der Waals surface area contributed by atoms with Gasteiger partial charge in [0.2, 0.25) is 11.6 Å². The Bertz CT molecular complexity index is 658. The van der Waals surface area contributed by atoms with Crippen LogP contribution < -0.4 is 9.47 Å². The molecule has 156 valence electrons. The summed E-state index contributed by atoms with van der Waals surface area (Å²) in [5.74, 6) is 0.985. The molecule has 2 saturated carbocycles. The van der Waals surface area contributed by atoms with Crippen LogP contribution in [0, 0.1) is 35.3 Å². The number of benzene rings is 1. The first-order valence-corrected chi connectivity index (χ1v) is 11.0. The highest BCUT2D eigenvalue weighted by Gasteiger charge is 2.35. The maximum absolute atomic E-state index is 14.2. The summed E-state index contributed by atoms with van der Waals surface area (Å²) in [4.78, 5) is 0. The van der Waals surface area contributed by atoms with Crippen LogP contribution in [0.4, 0.5) is 8.78 Å². The van der Waals surface area contributed by atoms with Gasteiger partial charge in [-0.25, -0.2) is 0 Å². The number of ether oxygens (including phenoxy) is 2. The number of halogens is 2. The number of hydrogen-bond donors (Lipinski definition) is 0. The van der Waals surface area contributed by atoms with Gasteiger partial charge in [0, 0.05) is 0 Å². The Kier molecular flexibility index (Phi) is 7.75. The molecule has 2 aliphatic rings. The molecule has 4 atom stereocenters. The highest BCUT2D eigenvalue weighted by molar-refractivity contribution is 5.35. The Labute approximate surface area is 168 Å². The summed E-state index contributed by atoms with van der Waals surface area (Å²) in [6.45, 7) is 4.61. The molecule has 0 aromatic heterocycles. The molecular formula is C24H34F2O2. The normalized spacial score (nSPS) is 27.6. The third-order valence-corrected chi connectivity index (χ3v) is 6.59. The van der Waals surface area contributed by atoms with E-state index >= 15 is 0 Å². The molecule has 0 heterocycles. The summed E-state index contributed by atoms with van der Waals surface area (Å²) >= 11 is 0. The zero-order chi connectivity index (χ0) is 19.9. The standard InChI is InChI=1S/C24H34F2O2/c1-3-5-6-7-17-8-10-20-15-18(9-11-19(20)14-17)16-28-22-13-12-21(27-4-2)23(25)24(22)26/h3,5,12-13,17-20H,4,6-11,14-16H2,1-2H3. The molecule has 0 N–H and O–H groups in total. The van der Waals surface area contributed by atoms with Crippen molar-refractivity contribution in [3.63, 3.8) is 0 Å². The molecule has 0 bridgehead atoms. The molecule has 0 spiro atoms. The highest BCUT2D eigenvalue weighted by atomic mass is 19.2. The Hall–Kier alpha value is -1.58. The van der Waals surface area contributed by atoms with Crippen LogP contribution in [0.3, 0.4) is 0 Å². The minimum absolute atomic E-state index is 0.00392. The van der Waals surface area contributed by atoms with E-state index in [-0.39, 0.29) is 11.5 Å². The molecular weight excluding hydrogens is 358 g/mol. The van der Waals surface area contributed by atoms with Gasteiger partial charge in [-0.3, -0.25) is 0 Å². The van der Waals surface area contributed by atoms with Gasteiger partial charge >= 0.3 is 0 Å². The van der Waals surface area contributed by atoms with Crippen molar-refractivity contribution < 1.29 is 18.3 Å². The molecule has 4 heteroatoms. The maximum atomic E-state index is 14.2. The van der Waals surface area contributed by atoms with E-state index in [1.54, 1.807) is 6.92 Å². The Balaban J connectivity index is 1.48. The summed E-state index contributed by atoms with van der Waals surface area (Å²) in [7, 11) is 0. The molecule has 1 aromatic carbocycles. The van der Waals surface area contributed by atoms with Crippen LogP contribution in [-0.4, -0.2) is 13.2 Å². The van der Waals surface area contributed by atoms with Gasteiger partial charge in [-0.2, -0.15) is 8.78 Å². The van der Waals surface area contributed by atoms with E-state index < -0.39 is 11.6 Å². The summed E-state index contributed by atoms with van der Waals surface area (Å²) < 4.78 is 39.0. The van der Waals surface area contributed by atoms with Crippen molar-refractivity contribution >= 4 is 0 Å². The summed E-state index contributed by atoms with van der Waals surface area (Å²) in [5, 5.41) is 0. The molecule has 4 unspecified atom stereocenters. The Morgan fingerprint density at radius 2 is 1.54 bits per heavy atom. The van der Waals surface area contributed by atoms with E-state index in [2.05, 4.69) is 19.1 Å². The molecule has 0 saturated heterocycles. The molecule has 0 amide bonds. The van der Waals surface area contributed by atoms with Crippen LogP contribution >= 0.6 is 0 Å². The third-order valence-electron chi connectivity index (χ3n) is 6.59. The van der Waals surface area contributed by atoms with Crippen molar-refractivity contribution in [3.05, 3.63) is 35.9 Å². The van der Waals surface area contributed by atoms with Crippen molar-refractivity contribution in [2.75, 3.05) is 13.2 Å². The predicted octanol–water partition coefficient (Wildman–Crippen LogP) is 6.93. The second-order valence-corrected chi connectivity index (χ2v) is 8.46. The minimum Gasteiger partial charge on any atom is -0.491 e. The maximum Gasteiger partial charge on any atom is 0.204 e. The molecule has 0 aliphatic heterocycles. The molecule has 3 rings (SSSR count). The molecule has 2 aliphatic carbocycles. The van der Waals surface area contributed by atoms with Crippen LogP contribution in [0.25, 0.3) is 0 Å². The van der Waals surface area contributed by atoms with Gasteiger partial charge < -0.3 is 9.47 Å². The summed E-state index contributed by atoms with van der Waals surface area (Å²) in [6.07, 6.45) is 14.5. The fourth-order valence-corrected chi connectivity index (χ4v) is 5.10. The lowest BCUT2D eigenvalue weighted by molar-refractivity contribution is 0.0743. The van der Waals surface area contributed by atoms with E-state index in [4.69, 9.17) is 9.47 Å². The summed E-state index contributed by atoms with van der Waals surface area (Å²) in [5.41, 5.74) is 0. The SMILES string of the molecule is CC=CCCC1CCC2CC(COc3ccc(OCC)c(F)c3F)CCC2C1. The van der Waals surface area contributed by atoms with Gasteiger partial charge in [-0.15, -0.1) is 0 Å². The second kappa shape index (κ2) is 10.3. The Morgan fingerprint density at radius 3 is 2.18 bits per heavy atom. The van der Waals surface area contributed by atoms with Crippen LogP contribution in [-0.2, 0) is 0 Å². The van der Waals surface area contributed by atoms with Gasteiger partial charge in [0.25, 0.3) is 0 Å². The molecule has 28 heavy (non-hydrogen) atoms. The fraction of sp³-hybridized carbons (Fsp3) is 0.667. The van der Waals surface area contributed by atoms with E-state index in [0.29, 0.717) is 19.1 Å². The van der Waals surface area contributed by atoms with Crippen molar-refractivity contribution in [2.45, 2.75) is 65.2 Å². The van der Waals surface area contributed by atoms with Gasteiger partial charge in [0.05, 0.1) is 13.2 Å². The van der Waals surface area contributed by atoms with E-state index in [9.17, 15) is 8.78 Å². The first-order chi connectivity index (χ1) is 13.6. The van der Waals surface area contributed by atoms with E-state index in [1.165, 1.54) is 50.7 Å². The molecule has 1 aromatic rings. The third kappa shape index (κ3) is 5.27. The zero-order valence-electron chi connectivity index (χ0n) is 17.3. The van der Waals surface area contributed by atoms with Crippen LogP contribution in [0.15, 0.2) is 24.3 Å². The first-order valence-electron chi connectivity index (χ1n) is 11.0. The monoisotopic (exact) mass is 392 g/mol. The van der Waals surface area contributed by atoms with Crippen molar-refractivity contribution in [2.24, 2.45) is 23.7 Å². The van der Waals surface area contributed by atoms with E-state index in [0.717, 1.165) is 30.6 Å². The molecule has 2 fully saturated rings. The second-order valence-electron chi connectivity index (χ2n) is 8.46. The lowest BCUT2D eigenvalue weighted by atomic mass is 9.64. The summed E-state index contributed by atoms with van der Waals surface area (Å²) in [6, 6.07) is 2.92. The molecule has 2 nitrogen and oxygen atoms in total. The zero-order valence-corrected chi connectivity index (χ0v) is 17.3. The molecule has 0 radical (unpaired) electrons. The van der Waals surface area contributed by atoms with Gasteiger partial charge in [-0.05, 0) is 94.6 Å². The van der Waals surface area contributed by atoms with Crippen molar-refractivity contribution in [1.29, 1.82) is 0 Å². The number of rotatable bonds is 8. The van der Waals surface area contributed by atoms with Crippen molar-refractivity contribution in [1.82, 2.24) is 0 Å². The van der Waals surface area contributed by atoms with Gasteiger partial charge in [-0.1, -0.05) is 18.6 Å². The quantitative estimate of drug-likeness (QED) is 0.447. The Morgan fingerprint density at radius 1 is 0.929 bits per heavy atom. The predicted molar refractivity (Wildman–Crippen MR) is 109 cm³/mol. The highest BCUT2D eigenvalue weighted by Crippen LogP contribution is 2.45. The minimum atomic E-state index is -0.959. The van der Waals surface area contributed by atoms with E-state index in [1.807, 2.05) is 0 Å². The average molecular weight is 393 g/mol. The first kappa shape index (κ1) is 21.1. The lowest BCUT2D eigenvalue weighted by Crippen LogP contribution is -2.33.